The van der Waals surface area contributed by atoms with Crippen molar-refractivity contribution in [2.75, 3.05) is 24.7 Å². The molecule has 0 saturated carbocycles. The molecule has 1 aromatic carbocycles. The van der Waals surface area contributed by atoms with Gasteiger partial charge in [0.1, 0.15) is 0 Å². The average molecular weight is 239 g/mol. The summed E-state index contributed by atoms with van der Waals surface area (Å²) in [6, 6.07) is 7.40. The molecule has 0 radical (unpaired) electrons. The number of hydrogen-bond donors (Lipinski definition) is 1. The van der Waals surface area contributed by atoms with Crippen LogP contribution in [0.1, 0.15) is 12.8 Å². The fourth-order valence-corrected chi connectivity index (χ4v) is 3.41. The zero-order valence-electron chi connectivity index (χ0n) is 9.22. The van der Waals surface area contributed by atoms with E-state index in [0.717, 1.165) is 31.0 Å². The third-order valence-electron chi connectivity index (χ3n) is 2.89. The minimum Gasteiger partial charge on any atom is -0.398 e. The molecule has 0 spiro atoms. The zero-order valence-corrected chi connectivity index (χ0v) is 10.0. The van der Waals surface area contributed by atoms with E-state index in [0.29, 0.717) is 17.4 Å². The van der Waals surface area contributed by atoms with E-state index >= 15 is 0 Å². The van der Waals surface area contributed by atoms with Crippen LogP contribution in [0.25, 0.3) is 0 Å². The van der Waals surface area contributed by atoms with Crippen molar-refractivity contribution in [1.29, 1.82) is 0 Å². The molecule has 1 unspecified atom stereocenters. The van der Waals surface area contributed by atoms with Crippen LogP contribution in [0.5, 0.6) is 0 Å². The second kappa shape index (κ2) is 5.46. The normalized spacial score (nSPS) is 19.5. The number of rotatable bonds is 3. The van der Waals surface area contributed by atoms with Gasteiger partial charge in [-0.3, -0.25) is 4.21 Å². The molecule has 1 saturated heterocycles. The van der Waals surface area contributed by atoms with E-state index < -0.39 is 10.8 Å². The summed E-state index contributed by atoms with van der Waals surface area (Å²) in [4.78, 5) is 0.772. The van der Waals surface area contributed by atoms with Crippen LogP contribution in [-0.2, 0) is 15.5 Å². The fraction of sp³-hybridized carbons (Fsp3) is 0.500. The predicted octanol–water partition coefficient (Wildman–Crippen LogP) is 1.80. The smallest absolute Gasteiger partial charge is 0.0617 e. The van der Waals surface area contributed by atoms with Gasteiger partial charge in [0.2, 0.25) is 0 Å². The van der Waals surface area contributed by atoms with E-state index in [1.165, 1.54) is 0 Å². The van der Waals surface area contributed by atoms with Crippen molar-refractivity contribution in [2.24, 2.45) is 5.92 Å². The highest BCUT2D eigenvalue weighted by atomic mass is 32.2. The molecule has 1 aliphatic rings. The second-order valence-corrected chi connectivity index (χ2v) is 5.57. The lowest BCUT2D eigenvalue weighted by Gasteiger charge is -2.21. The van der Waals surface area contributed by atoms with Crippen molar-refractivity contribution in [3.8, 4) is 0 Å². The Morgan fingerprint density at radius 2 is 2.00 bits per heavy atom. The number of benzene rings is 1. The summed E-state index contributed by atoms with van der Waals surface area (Å²) >= 11 is 0. The first-order valence-corrected chi connectivity index (χ1v) is 6.90. The van der Waals surface area contributed by atoms with Gasteiger partial charge >= 0.3 is 0 Å². The van der Waals surface area contributed by atoms with Gasteiger partial charge in [-0.15, -0.1) is 0 Å². The highest BCUT2D eigenvalue weighted by Crippen LogP contribution is 2.21. The molecule has 88 valence electrons. The molecule has 2 N–H and O–H groups in total. The van der Waals surface area contributed by atoms with Crippen molar-refractivity contribution >= 4 is 16.5 Å². The molecule has 1 aliphatic heterocycles. The molecule has 3 nitrogen and oxygen atoms in total. The number of hydrogen-bond acceptors (Lipinski definition) is 3. The van der Waals surface area contributed by atoms with Crippen molar-refractivity contribution in [3.63, 3.8) is 0 Å². The maximum Gasteiger partial charge on any atom is 0.0617 e. The average Bonchev–Trinajstić information content (AvgIpc) is 2.31. The molecule has 0 bridgehead atoms. The largest absolute Gasteiger partial charge is 0.398 e. The van der Waals surface area contributed by atoms with Crippen LogP contribution < -0.4 is 5.73 Å². The Morgan fingerprint density at radius 3 is 2.69 bits per heavy atom. The molecular weight excluding hydrogens is 222 g/mol. The van der Waals surface area contributed by atoms with E-state index in [-0.39, 0.29) is 0 Å². The Hall–Kier alpha value is -0.870. The first kappa shape index (κ1) is 11.6. The van der Waals surface area contributed by atoms with Gasteiger partial charge in [0, 0.05) is 24.7 Å². The number of nitrogen functional groups attached to an aromatic ring is 1. The number of nitrogens with two attached hydrogens (primary N) is 1. The molecule has 1 aromatic rings. The Balaban J connectivity index is 2.00. The quantitative estimate of drug-likeness (QED) is 0.818. The Kier molecular flexibility index (Phi) is 3.96. The van der Waals surface area contributed by atoms with Crippen LogP contribution >= 0.6 is 0 Å². The lowest BCUT2D eigenvalue weighted by Crippen LogP contribution is -2.21. The molecule has 2 rings (SSSR count). The fourth-order valence-electron chi connectivity index (χ4n) is 1.90. The minimum absolute atomic E-state index is 0.509. The van der Waals surface area contributed by atoms with Gasteiger partial charge in [-0.25, -0.2) is 0 Å². The van der Waals surface area contributed by atoms with Gasteiger partial charge in [-0.2, -0.15) is 0 Å². The monoisotopic (exact) mass is 239 g/mol. The SMILES string of the molecule is Nc1ccccc1S(=O)CC1CCOCC1. The van der Waals surface area contributed by atoms with Gasteiger partial charge in [0.05, 0.1) is 15.7 Å². The van der Waals surface area contributed by atoms with Crippen LogP contribution in [0, 0.1) is 5.92 Å². The molecule has 1 fully saturated rings. The second-order valence-electron chi connectivity index (χ2n) is 4.11. The van der Waals surface area contributed by atoms with Gasteiger partial charge in [-0.1, -0.05) is 12.1 Å². The van der Waals surface area contributed by atoms with Crippen LogP contribution in [0.2, 0.25) is 0 Å². The van der Waals surface area contributed by atoms with Crippen LogP contribution in [0.4, 0.5) is 5.69 Å². The molecule has 0 amide bonds. The van der Waals surface area contributed by atoms with E-state index in [4.69, 9.17) is 10.5 Å². The van der Waals surface area contributed by atoms with E-state index in [9.17, 15) is 4.21 Å². The predicted molar refractivity (Wildman–Crippen MR) is 65.7 cm³/mol. The van der Waals surface area contributed by atoms with Gasteiger partial charge < -0.3 is 10.5 Å². The summed E-state index contributed by atoms with van der Waals surface area (Å²) in [5.74, 6) is 1.21. The highest BCUT2D eigenvalue weighted by molar-refractivity contribution is 7.85. The molecule has 1 heterocycles. The maximum atomic E-state index is 12.1. The van der Waals surface area contributed by atoms with Gasteiger partial charge in [-0.05, 0) is 30.9 Å². The first-order chi connectivity index (χ1) is 7.77. The summed E-state index contributed by atoms with van der Waals surface area (Å²) in [5.41, 5.74) is 6.44. The van der Waals surface area contributed by atoms with Crippen LogP contribution in [0.3, 0.4) is 0 Å². The molecule has 1 atom stereocenters. The number of anilines is 1. The highest BCUT2D eigenvalue weighted by Gasteiger charge is 2.18. The van der Waals surface area contributed by atoms with Crippen molar-refractivity contribution < 1.29 is 8.95 Å². The third-order valence-corrected chi connectivity index (χ3v) is 4.53. The molecule has 0 aliphatic carbocycles. The van der Waals surface area contributed by atoms with Crippen LogP contribution in [-0.4, -0.2) is 23.2 Å². The Labute approximate surface area is 98.4 Å². The lowest BCUT2D eigenvalue weighted by atomic mass is 10.0. The Bertz CT molecular complexity index is 375. The molecule has 0 aromatic heterocycles. The maximum absolute atomic E-state index is 12.1. The zero-order chi connectivity index (χ0) is 11.4. The van der Waals surface area contributed by atoms with Crippen molar-refractivity contribution in [2.45, 2.75) is 17.7 Å². The summed E-state index contributed by atoms with van der Waals surface area (Å²) in [6.07, 6.45) is 2.02. The topological polar surface area (TPSA) is 52.3 Å². The summed E-state index contributed by atoms with van der Waals surface area (Å²) in [7, 11) is -0.973. The lowest BCUT2D eigenvalue weighted by molar-refractivity contribution is 0.0725. The summed E-state index contributed by atoms with van der Waals surface area (Å²) < 4.78 is 17.4. The number of para-hydroxylation sites is 1. The standard InChI is InChI=1S/C12H17NO2S/c13-11-3-1-2-4-12(11)16(14)9-10-5-7-15-8-6-10/h1-4,10H,5-9,13H2. The van der Waals surface area contributed by atoms with Gasteiger partial charge in [0.25, 0.3) is 0 Å². The van der Waals surface area contributed by atoms with Crippen molar-refractivity contribution in [1.82, 2.24) is 0 Å². The third kappa shape index (κ3) is 2.83. The molecular formula is C12H17NO2S. The number of ether oxygens (including phenoxy) is 1. The van der Waals surface area contributed by atoms with E-state index in [1.54, 1.807) is 6.07 Å². The summed E-state index contributed by atoms with van der Waals surface area (Å²) in [6.45, 7) is 1.60. The summed E-state index contributed by atoms with van der Waals surface area (Å²) in [5, 5.41) is 0. The first-order valence-electron chi connectivity index (χ1n) is 5.58. The van der Waals surface area contributed by atoms with Crippen molar-refractivity contribution in [3.05, 3.63) is 24.3 Å². The molecule has 16 heavy (non-hydrogen) atoms. The molecule has 4 heteroatoms. The van der Waals surface area contributed by atoms with Gasteiger partial charge in [0.15, 0.2) is 0 Å². The Morgan fingerprint density at radius 1 is 1.31 bits per heavy atom. The van der Waals surface area contributed by atoms with E-state index in [1.807, 2.05) is 18.2 Å². The van der Waals surface area contributed by atoms with Crippen LogP contribution in [0.15, 0.2) is 29.2 Å². The minimum atomic E-state index is -0.973. The van der Waals surface area contributed by atoms with E-state index in [2.05, 4.69) is 0 Å².